The Morgan fingerprint density at radius 2 is 2.33 bits per heavy atom. The van der Waals surface area contributed by atoms with E-state index in [2.05, 4.69) is 21.9 Å². The van der Waals surface area contributed by atoms with Crippen molar-refractivity contribution >= 4 is 5.69 Å². The van der Waals surface area contributed by atoms with Crippen LogP contribution in [0.3, 0.4) is 0 Å². The molecule has 2 aromatic heterocycles. The summed E-state index contributed by atoms with van der Waals surface area (Å²) in [6.45, 7) is 0.569. The number of aromatic nitrogens is 3. The molecular weight excluding hydrogens is 188 g/mol. The maximum absolute atomic E-state index is 5.51. The van der Waals surface area contributed by atoms with Crippen LogP contribution in [0, 0.1) is 11.8 Å². The van der Waals surface area contributed by atoms with E-state index in [9.17, 15) is 0 Å². The van der Waals surface area contributed by atoms with Crippen LogP contribution in [0.1, 0.15) is 5.69 Å². The van der Waals surface area contributed by atoms with E-state index in [0.717, 1.165) is 5.69 Å². The molecule has 0 saturated carbocycles. The van der Waals surface area contributed by atoms with Gasteiger partial charge in [0.25, 0.3) is 0 Å². The highest BCUT2D eigenvalue weighted by Crippen LogP contribution is 1.98. The van der Waals surface area contributed by atoms with Gasteiger partial charge in [0.05, 0.1) is 11.9 Å². The molecule has 0 aliphatic carbocycles. The molecule has 2 rings (SSSR count). The quantitative estimate of drug-likeness (QED) is 0.693. The number of hydrogen-bond donors (Lipinski definition) is 1. The average molecular weight is 198 g/mol. The molecule has 2 heterocycles. The molecule has 0 saturated heterocycles. The average Bonchev–Trinajstić information content (AvgIpc) is 2.74. The molecule has 74 valence electrons. The van der Waals surface area contributed by atoms with Gasteiger partial charge in [0.15, 0.2) is 0 Å². The van der Waals surface area contributed by atoms with E-state index in [-0.39, 0.29) is 0 Å². The molecule has 4 heteroatoms. The van der Waals surface area contributed by atoms with Crippen molar-refractivity contribution < 1.29 is 0 Å². The predicted octanol–water partition coefficient (Wildman–Crippen LogP) is 0.912. The van der Waals surface area contributed by atoms with Crippen molar-refractivity contribution in [2.45, 2.75) is 6.54 Å². The van der Waals surface area contributed by atoms with Crippen LogP contribution >= 0.6 is 0 Å². The van der Waals surface area contributed by atoms with E-state index >= 15 is 0 Å². The van der Waals surface area contributed by atoms with Gasteiger partial charge in [-0.05, 0) is 24.1 Å². The predicted molar refractivity (Wildman–Crippen MR) is 57.8 cm³/mol. The Hall–Kier alpha value is -2.28. The van der Waals surface area contributed by atoms with E-state index in [1.54, 1.807) is 29.2 Å². The lowest BCUT2D eigenvalue weighted by Crippen LogP contribution is -1.95. The second-order valence-electron chi connectivity index (χ2n) is 2.98. The van der Waals surface area contributed by atoms with Crippen molar-refractivity contribution in [1.82, 2.24) is 14.8 Å². The van der Waals surface area contributed by atoms with Crippen LogP contribution in [-0.2, 0) is 6.54 Å². The van der Waals surface area contributed by atoms with Gasteiger partial charge in [0.1, 0.15) is 12.2 Å². The molecule has 0 bridgehead atoms. The van der Waals surface area contributed by atoms with Gasteiger partial charge < -0.3 is 5.73 Å². The molecule has 2 N–H and O–H groups in total. The van der Waals surface area contributed by atoms with Gasteiger partial charge in [0.2, 0.25) is 0 Å². The van der Waals surface area contributed by atoms with Gasteiger partial charge in [0, 0.05) is 12.4 Å². The summed E-state index contributed by atoms with van der Waals surface area (Å²) in [6.07, 6.45) is 5.19. The summed E-state index contributed by atoms with van der Waals surface area (Å²) in [7, 11) is 0. The van der Waals surface area contributed by atoms with Gasteiger partial charge in [-0.3, -0.25) is 4.68 Å². The van der Waals surface area contributed by atoms with E-state index in [0.29, 0.717) is 12.2 Å². The molecule has 0 radical (unpaired) electrons. The van der Waals surface area contributed by atoms with Crippen LogP contribution in [0.2, 0.25) is 0 Å². The minimum absolute atomic E-state index is 0.569. The van der Waals surface area contributed by atoms with Crippen molar-refractivity contribution in [3.8, 4) is 11.8 Å². The lowest BCUT2D eigenvalue weighted by atomic mass is 10.3. The monoisotopic (exact) mass is 198 g/mol. The lowest BCUT2D eigenvalue weighted by molar-refractivity contribution is 0.715. The fraction of sp³-hybridized carbons (Fsp3) is 0.0909. The Balaban J connectivity index is 2.03. The van der Waals surface area contributed by atoms with E-state index in [1.807, 2.05) is 12.3 Å². The van der Waals surface area contributed by atoms with E-state index in [1.165, 1.54) is 0 Å². The Bertz CT molecular complexity index is 474. The molecular formula is C11H10N4. The fourth-order valence-corrected chi connectivity index (χ4v) is 1.08. The first-order valence-electron chi connectivity index (χ1n) is 4.52. The second kappa shape index (κ2) is 4.29. The number of pyridine rings is 1. The highest BCUT2D eigenvalue weighted by atomic mass is 15.3. The molecule has 2 aromatic rings. The van der Waals surface area contributed by atoms with Crippen LogP contribution in [0.15, 0.2) is 36.8 Å². The summed E-state index contributed by atoms with van der Waals surface area (Å²) >= 11 is 0. The maximum Gasteiger partial charge on any atom is 0.113 e. The van der Waals surface area contributed by atoms with Gasteiger partial charge in [-0.2, -0.15) is 5.10 Å². The number of hydrogen-bond acceptors (Lipinski definition) is 3. The molecule has 0 aromatic carbocycles. The number of anilines is 1. The number of nitrogens with zero attached hydrogens (tertiary/aromatic N) is 3. The van der Waals surface area contributed by atoms with Crippen molar-refractivity contribution in [2.24, 2.45) is 0 Å². The minimum Gasteiger partial charge on any atom is -0.397 e. The molecule has 0 atom stereocenters. The van der Waals surface area contributed by atoms with Gasteiger partial charge in [-0.15, -0.1) is 0 Å². The fourth-order valence-electron chi connectivity index (χ4n) is 1.08. The normalized spacial score (nSPS) is 9.33. The van der Waals surface area contributed by atoms with Crippen molar-refractivity contribution in [3.05, 3.63) is 42.5 Å². The summed E-state index contributed by atoms with van der Waals surface area (Å²) in [5.41, 5.74) is 6.87. The highest BCUT2D eigenvalue weighted by Gasteiger charge is 1.88. The Labute approximate surface area is 87.7 Å². The molecule has 0 unspecified atom stereocenters. The largest absolute Gasteiger partial charge is 0.397 e. The van der Waals surface area contributed by atoms with Crippen molar-refractivity contribution in [3.63, 3.8) is 0 Å². The first kappa shape index (κ1) is 9.28. The zero-order chi connectivity index (χ0) is 10.5. The topological polar surface area (TPSA) is 56.7 Å². The van der Waals surface area contributed by atoms with Crippen LogP contribution in [0.5, 0.6) is 0 Å². The van der Waals surface area contributed by atoms with Gasteiger partial charge in [-0.1, -0.05) is 5.92 Å². The number of rotatable bonds is 1. The summed E-state index contributed by atoms with van der Waals surface area (Å²) in [4.78, 5) is 4.07. The first-order chi connectivity index (χ1) is 7.34. The molecule has 0 aliphatic heterocycles. The third kappa shape index (κ3) is 2.58. The molecule has 0 spiro atoms. The van der Waals surface area contributed by atoms with Gasteiger partial charge >= 0.3 is 0 Å². The van der Waals surface area contributed by atoms with Crippen molar-refractivity contribution in [2.75, 3.05) is 5.73 Å². The third-order valence-electron chi connectivity index (χ3n) is 1.80. The Kier molecular flexibility index (Phi) is 2.65. The highest BCUT2D eigenvalue weighted by molar-refractivity contribution is 5.38. The van der Waals surface area contributed by atoms with E-state index in [4.69, 9.17) is 5.73 Å². The van der Waals surface area contributed by atoms with Crippen LogP contribution in [0.25, 0.3) is 0 Å². The molecule has 0 fully saturated rings. The van der Waals surface area contributed by atoms with Crippen molar-refractivity contribution in [1.29, 1.82) is 0 Å². The number of nitrogens with two attached hydrogens (primary N) is 1. The second-order valence-corrected chi connectivity index (χ2v) is 2.98. The third-order valence-corrected chi connectivity index (χ3v) is 1.80. The van der Waals surface area contributed by atoms with E-state index < -0.39 is 0 Å². The Morgan fingerprint density at radius 3 is 3.00 bits per heavy atom. The molecule has 15 heavy (non-hydrogen) atoms. The zero-order valence-corrected chi connectivity index (χ0v) is 8.09. The standard InChI is InChI=1S/C11H10N4/c12-10-4-5-11(13-9-10)3-1-7-15-8-2-6-14-15/h2,4-6,8-9H,7,12H2. The summed E-state index contributed by atoms with van der Waals surface area (Å²) in [6, 6.07) is 5.44. The Morgan fingerprint density at radius 1 is 1.40 bits per heavy atom. The summed E-state index contributed by atoms with van der Waals surface area (Å²) in [5, 5.41) is 4.04. The zero-order valence-electron chi connectivity index (χ0n) is 8.09. The van der Waals surface area contributed by atoms with Crippen LogP contribution in [-0.4, -0.2) is 14.8 Å². The first-order valence-corrected chi connectivity index (χ1v) is 4.52. The van der Waals surface area contributed by atoms with Crippen LogP contribution in [0.4, 0.5) is 5.69 Å². The molecule has 0 aliphatic rings. The molecule has 4 nitrogen and oxygen atoms in total. The SMILES string of the molecule is Nc1ccc(C#CCn2cccn2)nc1. The smallest absolute Gasteiger partial charge is 0.113 e. The summed E-state index contributed by atoms with van der Waals surface area (Å²) in [5.74, 6) is 5.90. The van der Waals surface area contributed by atoms with Crippen LogP contribution < -0.4 is 5.73 Å². The minimum atomic E-state index is 0.569. The summed E-state index contributed by atoms with van der Waals surface area (Å²) < 4.78 is 1.75. The molecule has 0 amide bonds. The maximum atomic E-state index is 5.51. The lowest BCUT2D eigenvalue weighted by Gasteiger charge is -1.92. The van der Waals surface area contributed by atoms with Gasteiger partial charge in [-0.25, -0.2) is 4.98 Å². The number of nitrogen functional groups attached to an aromatic ring is 1.